The zero-order valence-electron chi connectivity index (χ0n) is 20.0. The van der Waals surface area contributed by atoms with Crippen molar-refractivity contribution in [1.29, 1.82) is 0 Å². The average Bonchev–Trinajstić information content (AvgIpc) is 2.79. The molecular weight excluding hydrogens is 424 g/mol. The molecule has 0 aliphatic heterocycles. The fourth-order valence-corrected chi connectivity index (χ4v) is 1.73. The Bertz CT molecular complexity index is 257. The third kappa shape index (κ3) is 57.1. The van der Waals surface area contributed by atoms with Gasteiger partial charge in [-0.1, -0.05) is 12.8 Å². The number of unbranched alkanes of at least 4 members (excludes halogenated alkanes) is 6. The van der Waals surface area contributed by atoms with Crippen molar-refractivity contribution in [2.45, 2.75) is 83.3 Å². The van der Waals surface area contributed by atoms with Crippen LogP contribution in [0.4, 0.5) is 0 Å². The van der Waals surface area contributed by atoms with E-state index in [4.69, 9.17) is 50.7 Å². The Morgan fingerprint density at radius 1 is 0.531 bits per heavy atom. The summed E-state index contributed by atoms with van der Waals surface area (Å²) >= 11 is 0. The number of ether oxygens (including phenoxy) is 1. The van der Waals surface area contributed by atoms with Crippen molar-refractivity contribution in [2.75, 3.05) is 59.5 Å². The van der Waals surface area contributed by atoms with E-state index in [1.165, 1.54) is 0 Å². The van der Waals surface area contributed by atoms with Gasteiger partial charge in [0.25, 0.3) is 0 Å². The van der Waals surface area contributed by atoms with Gasteiger partial charge >= 0.3 is 0 Å². The van der Waals surface area contributed by atoms with E-state index in [2.05, 4.69) is 0 Å². The highest BCUT2D eigenvalue weighted by molar-refractivity contribution is 4.50. The molecular formula is C22H52O10. The van der Waals surface area contributed by atoms with Gasteiger partial charge in [0.05, 0.1) is 19.3 Å². The summed E-state index contributed by atoms with van der Waals surface area (Å²) in [6.45, 7) is 3.39. The smallest absolute Gasteiger partial charge is 0.100 e. The first-order chi connectivity index (χ1) is 15.4. The van der Waals surface area contributed by atoms with Gasteiger partial charge in [0.15, 0.2) is 0 Å². The second kappa shape index (κ2) is 40.9. The normalized spacial score (nSPS) is 11.8. The molecule has 0 fully saturated rings. The van der Waals surface area contributed by atoms with Crippen molar-refractivity contribution in [2.24, 2.45) is 0 Å². The summed E-state index contributed by atoms with van der Waals surface area (Å²) in [5.41, 5.74) is 0. The molecule has 0 amide bonds. The van der Waals surface area contributed by atoms with Gasteiger partial charge in [-0.25, -0.2) is 0 Å². The molecule has 10 nitrogen and oxygen atoms in total. The fourth-order valence-electron chi connectivity index (χ4n) is 1.73. The van der Waals surface area contributed by atoms with Crippen molar-refractivity contribution in [3.05, 3.63) is 0 Å². The average molecular weight is 477 g/mol. The van der Waals surface area contributed by atoms with E-state index >= 15 is 0 Å². The number of rotatable bonds is 18. The Labute approximate surface area is 194 Å². The van der Waals surface area contributed by atoms with Crippen LogP contribution in [0.15, 0.2) is 0 Å². The number of hydrogen-bond acceptors (Lipinski definition) is 10. The maximum Gasteiger partial charge on any atom is 0.100 e. The van der Waals surface area contributed by atoms with E-state index in [1.807, 2.05) is 0 Å². The third-order valence-electron chi connectivity index (χ3n) is 3.65. The van der Waals surface area contributed by atoms with Gasteiger partial charge in [-0.05, 0) is 58.3 Å². The molecule has 0 saturated heterocycles. The van der Waals surface area contributed by atoms with Crippen LogP contribution in [0, 0.1) is 0 Å². The topological polar surface area (TPSA) is 191 Å². The van der Waals surface area contributed by atoms with Gasteiger partial charge < -0.3 is 50.7 Å². The van der Waals surface area contributed by atoms with Crippen molar-refractivity contribution in [3.8, 4) is 0 Å². The van der Waals surface area contributed by atoms with E-state index in [0.717, 1.165) is 57.8 Å². The second-order valence-electron chi connectivity index (χ2n) is 7.07. The lowest BCUT2D eigenvalue weighted by Crippen LogP contribution is -2.20. The zero-order chi connectivity index (χ0) is 25.3. The summed E-state index contributed by atoms with van der Waals surface area (Å²) in [4.78, 5) is 0. The van der Waals surface area contributed by atoms with Crippen LogP contribution in [-0.2, 0) is 4.74 Å². The Morgan fingerprint density at radius 3 is 1.12 bits per heavy atom. The summed E-state index contributed by atoms with van der Waals surface area (Å²) in [5, 5.41) is 75.1. The van der Waals surface area contributed by atoms with Crippen molar-refractivity contribution in [3.63, 3.8) is 0 Å². The number of aliphatic hydroxyl groups is 9. The summed E-state index contributed by atoms with van der Waals surface area (Å²) in [7, 11) is 0. The number of hydrogen-bond donors (Lipinski definition) is 9. The lowest BCUT2D eigenvalue weighted by atomic mass is 10.2. The molecule has 0 radical (unpaired) electrons. The standard InChI is InChI=1S/C7H16O4.C6H14O2.C5H12O2.C4H10O2/c1-6(9)2-3-11-5-7(10)4-8;7-5-3-1-2-4-6-8;6-4-2-1-3-5-7;5-3-1-2-4-6/h6-10H,2-5H2,1H3;7-8H,1-6H2;6-7H,1-5H2;5-6H,1-4H2. The van der Waals surface area contributed by atoms with Gasteiger partial charge in [0.2, 0.25) is 0 Å². The van der Waals surface area contributed by atoms with E-state index in [-0.39, 0.29) is 59.0 Å². The SMILES string of the molecule is CC(O)CCOCC(O)CO.OCCCCCCO.OCCCCCO.OCCCCO. The molecule has 10 heteroatoms. The molecule has 0 aliphatic carbocycles. The molecule has 32 heavy (non-hydrogen) atoms. The molecule has 2 unspecified atom stereocenters. The molecule has 0 aromatic rings. The summed E-state index contributed by atoms with van der Waals surface area (Å²) in [6.07, 6.45) is 7.22. The van der Waals surface area contributed by atoms with Crippen LogP contribution in [0.2, 0.25) is 0 Å². The zero-order valence-corrected chi connectivity index (χ0v) is 20.0. The monoisotopic (exact) mass is 476 g/mol. The Morgan fingerprint density at radius 2 is 0.844 bits per heavy atom. The van der Waals surface area contributed by atoms with Crippen LogP contribution < -0.4 is 0 Å². The Balaban J connectivity index is -0.000000168. The quantitative estimate of drug-likeness (QED) is 0.117. The Kier molecular flexibility index (Phi) is 49.7. The molecule has 200 valence electrons. The van der Waals surface area contributed by atoms with Crippen molar-refractivity contribution in [1.82, 2.24) is 0 Å². The molecule has 0 rings (SSSR count). The van der Waals surface area contributed by atoms with Gasteiger partial charge in [-0.3, -0.25) is 0 Å². The molecule has 0 saturated carbocycles. The summed E-state index contributed by atoms with van der Waals surface area (Å²) < 4.78 is 4.93. The lowest BCUT2D eigenvalue weighted by molar-refractivity contribution is -0.00181. The first-order valence-electron chi connectivity index (χ1n) is 11.6. The van der Waals surface area contributed by atoms with Crippen LogP contribution in [-0.4, -0.2) is 118 Å². The van der Waals surface area contributed by atoms with Crippen LogP contribution in [0.5, 0.6) is 0 Å². The minimum atomic E-state index is -0.802. The second-order valence-corrected chi connectivity index (χ2v) is 7.07. The van der Waals surface area contributed by atoms with E-state index in [1.54, 1.807) is 6.92 Å². The molecule has 0 heterocycles. The minimum Gasteiger partial charge on any atom is -0.396 e. The van der Waals surface area contributed by atoms with E-state index < -0.39 is 6.10 Å². The van der Waals surface area contributed by atoms with Crippen molar-refractivity contribution >= 4 is 0 Å². The Hall–Kier alpha value is -0.400. The van der Waals surface area contributed by atoms with Crippen LogP contribution in [0.1, 0.15) is 71.1 Å². The van der Waals surface area contributed by atoms with Crippen molar-refractivity contribution < 1.29 is 50.7 Å². The first kappa shape index (κ1) is 38.8. The highest BCUT2D eigenvalue weighted by Gasteiger charge is 2.01. The van der Waals surface area contributed by atoms with Crippen LogP contribution in [0.25, 0.3) is 0 Å². The highest BCUT2D eigenvalue weighted by atomic mass is 16.5. The first-order valence-corrected chi connectivity index (χ1v) is 11.6. The minimum absolute atomic E-state index is 0.128. The van der Waals surface area contributed by atoms with Crippen LogP contribution >= 0.6 is 0 Å². The maximum atomic E-state index is 8.79. The predicted octanol–water partition coefficient (Wildman–Crippen LogP) is -0.449. The molecule has 0 aromatic carbocycles. The molecule has 0 bridgehead atoms. The van der Waals surface area contributed by atoms with Gasteiger partial charge in [0.1, 0.15) is 6.10 Å². The molecule has 2 atom stereocenters. The van der Waals surface area contributed by atoms with Gasteiger partial charge in [0, 0.05) is 46.2 Å². The maximum absolute atomic E-state index is 8.79. The number of aliphatic hydroxyl groups excluding tert-OH is 9. The fraction of sp³-hybridized carbons (Fsp3) is 1.00. The molecule has 0 aromatic heterocycles. The highest BCUT2D eigenvalue weighted by Crippen LogP contribution is 1.96. The van der Waals surface area contributed by atoms with E-state index in [0.29, 0.717) is 13.0 Å². The third-order valence-corrected chi connectivity index (χ3v) is 3.65. The van der Waals surface area contributed by atoms with E-state index in [9.17, 15) is 0 Å². The summed E-state index contributed by atoms with van der Waals surface area (Å²) in [5.74, 6) is 0. The lowest BCUT2D eigenvalue weighted by Gasteiger charge is -2.08. The van der Waals surface area contributed by atoms with Gasteiger partial charge in [-0.15, -0.1) is 0 Å². The van der Waals surface area contributed by atoms with Crippen LogP contribution in [0.3, 0.4) is 0 Å². The molecule has 0 aliphatic rings. The molecule has 9 N–H and O–H groups in total. The van der Waals surface area contributed by atoms with Gasteiger partial charge in [-0.2, -0.15) is 0 Å². The predicted molar refractivity (Wildman–Crippen MR) is 124 cm³/mol. The molecule has 0 spiro atoms. The summed E-state index contributed by atoms with van der Waals surface area (Å²) in [6, 6.07) is 0. The largest absolute Gasteiger partial charge is 0.396 e.